The molecule has 13 heteroatoms. The number of carbonyl (C=O) groups is 1. The molecular weight excluding hydrogens is 446 g/mol. The van der Waals surface area contributed by atoms with Gasteiger partial charge in [0.1, 0.15) is 17.8 Å². The molecule has 2 fully saturated rings. The van der Waals surface area contributed by atoms with E-state index in [9.17, 15) is 18.0 Å². The van der Waals surface area contributed by atoms with E-state index in [1.165, 1.54) is 12.4 Å². The van der Waals surface area contributed by atoms with E-state index < -0.39 is 36.2 Å². The molecule has 0 spiro atoms. The highest BCUT2D eigenvalue weighted by atomic mass is 19.4. The Bertz CT molecular complexity index is 1190. The lowest BCUT2D eigenvalue weighted by molar-refractivity contribution is -0.141. The van der Waals surface area contributed by atoms with E-state index in [1.54, 1.807) is 6.07 Å². The van der Waals surface area contributed by atoms with Crippen LogP contribution in [0.3, 0.4) is 0 Å². The molecular formula is C20H21F4N7O2. The first-order valence-corrected chi connectivity index (χ1v) is 10.5. The number of alkyl carbamates (subject to hydrolysis) is 1. The van der Waals surface area contributed by atoms with Crippen LogP contribution in [0.2, 0.25) is 0 Å². The molecule has 3 atom stereocenters. The molecule has 3 heterocycles. The Labute approximate surface area is 184 Å². The molecule has 3 N–H and O–H groups in total. The lowest BCUT2D eigenvalue weighted by atomic mass is 10.0. The lowest BCUT2D eigenvalue weighted by Gasteiger charge is -2.19. The summed E-state index contributed by atoms with van der Waals surface area (Å²) in [6.07, 6.45) is -2.31. The van der Waals surface area contributed by atoms with Gasteiger partial charge < -0.3 is 15.4 Å². The molecule has 0 bridgehead atoms. The topological polar surface area (TPSA) is 109 Å². The van der Waals surface area contributed by atoms with Gasteiger partial charge in [-0.25, -0.2) is 18.7 Å². The minimum absolute atomic E-state index is 0.113. The quantitative estimate of drug-likeness (QED) is 0.488. The van der Waals surface area contributed by atoms with E-state index in [-0.39, 0.29) is 22.7 Å². The van der Waals surface area contributed by atoms with Crippen LogP contribution >= 0.6 is 0 Å². The second-order valence-electron chi connectivity index (χ2n) is 8.72. The normalized spacial score (nSPS) is 24.1. The van der Waals surface area contributed by atoms with Crippen LogP contribution in [0, 0.1) is 0 Å². The van der Waals surface area contributed by atoms with E-state index in [2.05, 4.69) is 30.9 Å². The van der Waals surface area contributed by atoms with Gasteiger partial charge in [-0.05, 0) is 32.6 Å². The summed E-state index contributed by atoms with van der Waals surface area (Å²) in [7, 11) is 0. The number of halogens is 4. The third-order valence-electron chi connectivity index (χ3n) is 6.09. The first-order chi connectivity index (χ1) is 15.6. The van der Waals surface area contributed by atoms with Crippen molar-refractivity contribution >= 4 is 23.2 Å². The smallest absolute Gasteiger partial charge is 0.435 e. The molecule has 0 radical (unpaired) electrons. The van der Waals surface area contributed by atoms with Crippen LogP contribution in [0.15, 0.2) is 24.5 Å². The number of rotatable bonds is 5. The van der Waals surface area contributed by atoms with Gasteiger partial charge in [0, 0.05) is 41.7 Å². The highest BCUT2D eigenvalue weighted by Crippen LogP contribution is 2.39. The Balaban J connectivity index is 1.27. The molecule has 33 heavy (non-hydrogen) atoms. The number of aromatic nitrogens is 5. The third kappa shape index (κ3) is 4.31. The van der Waals surface area contributed by atoms with Gasteiger partial charge in [0.15, 0.2) is 17.3 Å². The van der Waals surface area contributed by atoms with Gasteiger partial charge >= 0.3 is 12.3 Å². The van der Waals surface area contributed by atoms with Crippen molar-refractivity contribution in [1.29, 1.82) is 0 Å². The number of nitrogens with zero attached hydrogens (tertiary/aromatic N) is 4. The maximum absolute atomic E-state index is 15.0. The summed E-state index contributed by atoms with van der Waals surface area (Å²) in [4.78, 5) is 16.1. The van der Waals surface area contributed by atoms with E-state index in [4.69, 9.17) is 4.74 Å². The number of nitrogens with one attached hydrogen (secondary N) is 3. The van der Waals surface area contributed by atoms with Crippen LogP contribution in [-0.4, -0.2) is 48.7 Å². The monoisotopic (exact) mass is 467 g/mol. The molecule has 3 aromatic heterocycles. The third-order valence-corrected chi connectivity index (χ3v) is 6.09. The van der Waals surface area contributed by atoms with Crippen molar-refractivity contribution in [3.05, 3.63) is 35.9 Å². The Morgan fingerprint density at radius 1 is 1.30 bits per heavy atom. The van der Waals surface area contributed by atoms with Gasteiger partial charge in [0.2, 0.25) is 0 Å². The van der Waals surface area contributed by atoms with Crippen molar-refractivity contribution in [2.45, 2.75) is 62.5 Å². The summed E-state index contributed by atoms with van der Waals surface area (Å²) < 4.78 is 60.3. The maximum atomic E-state index is 15.0. The van der Waals surface area contributed by atoms with Crippen molar-refractivity contribution in [3.8, 4) is 0 Å². The number of hydrogen-bond acceptors (Lipinski definition) is 6. The fourth-order valence-electron chi connectivity index (χ4n) is 3.97. The number of aromatic amines is 1. The number of H-pyrrole nitrogens is 1. The number of carbonyl (C=O) groups excluding carboxylic acids is 1. The molecule has 0 saturated heterocycles. The zero-order valence-corrected chi connectivity index (χ0v) is 17.5. The van der Waals surface area contributed by atoms with E-state index in [0.717, 1.165) is 23.4 Å². The van der Waals surface area contributed by atoms with Gasteiger partial charge in [-0.1, -0.05) is 0 Å². The average Bonchev–Trinajstić information content (AvgIpc) is 3.13. The fraction of sp³-hybridized carbons (Fsp3) is 0.500. The first kappa shape index (κ1) is 21.5. The Morgan fingerprint density at radius 3 is 2.82 bits per heavy atom. The highest BCUT2D eigenvalue weighted by molar-refractivity contribution is 5.72. The van der Waals surface area contributed by atoms with Crippen molar-refractivity contribution in [3.63, 3.8) is 0 Å². The number of fused-ring (bicyclic) bond motifs is 1. The predicted molar refractivity (Wildman–Crippen MR) is 108 cm³/mol. The summed E-state index contributed by atoms with van der Waals surface area (Å²) in [6.45, 7) is 1.90. The minimum atomic E-state index is -4.59. The van der Waals surface area contributed by atoms with Crippen molar-refractivity contribution in [1.82, 2.24) is 30.1 Å². The van der Waals surface area contributed by atoms with Gasteiger partial charge in [-0.15, -0.1) is 0 Å². The summed E-state index contributed by atoms with van der Waals surface area (Å²) in [5.74, 6) is -0.178. The number of ether oxygens (including phenoxy) is 1. The van der Waals surface area contributed by atoms with Crippen LogP contribution in [0.4, 0.5) is 34.0 Å². The maximum Gasteiger partial charge on any atom is 0.435 e. The number of alkyl halides is 4. The largest absolute Gasteiger partial charge is 0.443 e. The van der Waals surface area contributed by atoms with E-state index in [0.29, 0.717) is 18.5 Å². The van der Waals surface area contributed by atoms with Crippen LogP contribution < -0.4 is 10.6 Å². The fourth-order valence-corrected chi connectivity index (χ4v) is 3.97. The minimum Gasteiger partial charge on any atom is -0.443 e. The zero-order chi connectivity index (χ0) is 23.4. The summed E-state index contributed by atoms with van der Waals surface area (Å²) in [5.41, 5.74) is -0.694. The van der Waals surface area contributed by atoms with Crippen LogP contribution in [0.5, 0.6) is 0 Å². The summed E-state index contributed by atoms with van der Waals surface area (Å²) in [6, 6.07) is 2.45. The highest BCUT2D eigenvalue weighted by Gasteiger charge is 2.43. The summed E-state index contributed by atoms with van der Waals surface area (Å²) in [5, 5.41) is 15.9. The molecule has 5 rings (SSSR count). The van der Waals surface area contributed by atoms with Crippen LogP contribution in [-0.2, 0) is 10.9 Å². The molecule has 1 amide bonds. The summed E-state index contributed by atoms with van der Waals surface area (Å²) >= 11 is 0. The predicted octanol–water partition coefficient (Wildman–Crippen LogP) is 4.08. The van der Waals surface area contributed by atoms with Crippen molar-refractivity contribution in [2.24, 2.45) is 0 Å². The molecule has 0 aliphatic heterocycles. The van der Waals surface area contributed by atoms with Crippen LogP contribution in [0.25, 0.3) is 5.52 Å². The molecule has 2 aliphatic carbocycles. The standard InChI is InChI=1S/C20H21F4N7O2/c1-19(4-5-19)27-18(32)33-13-3-2-10(16(13)21)11-8-15(29-28-11)26-17-12-9-14(20(22,23)24)30-31(12)7-6-25-17/h6-10,13,16H,2-5H2,1H3,(H,27,32)(H2,25,26,28,29)/t10-,13-,16-/m0/s1. The average molecular weight is 467 g/mol. The Kier molecular flexibility index (Phi) is 4.94. The van der Waals surface area contributed by atoms with Crippen molar-refractivity contribution < 1.29 is 27.1 Å². The molecule has 2 aliphatic rings. The molecule has 2 saturated carbocycles. The zero-order valence-electron chi connectivity index (χ0n) is 17.5. The number of anilines is 2. The van der Waals surface area contributed by atoms with Crippen LogP contribution in [0.1, 0.15) is 49.9 Å². The second-order valence-corrected chi connectivity index (χ2v) is 8.72. The lowest BCUT2D eigenvalue weighted by Crippen LogP contribution is -2.38. The van der Waals surface area contributed by atoms with E-state index in [1.807, 2.05) is 6.92 Å². The van der Waals surface area contributed by atoms with Gasteiger partial charge in [0.05, 0.1) is 0 Å². The molecule has 3 aromatic rings. The first-order valence-electron chi connectivity index (χ1n) is 10.5. The SMILES string of the molecule is CC1(NC(=O)O[C@H]2CC[C@@H](c3cc(Nc4nccn5nc(C(F)(F)F)cc45)n[nH]3)[C@@H]2F)CC1. The van der Waals surface area contributed by atoms with Gasteiger partial charge in [-0.3, -0.25) is 5.10 Å². The number of amides is 1. The molecule has 9 nitrogen and oxygen atoms in total. The molecule has 176 valence electrons. The molecule has 0 unspecified atom stereocenters. The van der Waals surface area contributed by atoms with Gasteiger partial charge in [-0.2, -0.15) is 23.4 Å². The van der Waals surface area contributed by atoms with Crippen molar-refractivity contribution in [2.75, 3.05) is 5.32 Å². The molecule has 0 aromatic carbocycles. The van der Waals surface area contributed by atoms with E-state index >= 15 is 4.39 Å². The van der Waals surface area contributed by atoms with Gasteiger partial charge in [0.25, 0.3) is 0 Å². The second kappa shape index (κ2) is 7.59. The number of hydrogen-bond donors (Lipinski definition) is 3. The Morgan fingerprint density at radius 2 is 2.09 bits per heavy atom. The Hall–Kier alpha value is -3.38.